The summed E-state index contributed by atoms with van der Waals surface area (Å²) >= 11 is 6.91. The highest BCUT2D eigenvalue weighted by atomic mass is 79.9. The molecule has 20 heavy (non-hydrogen) atoms. The second kappa shape index (κ2) is 5.57. The van der Waals surface area contributed by atoms with Gasteiger partial charge in [0.2, 0.25) is 0 Å². The predicted molar refractivity (Wildman–Crippen MR) is 84.8 cm³/mol. The van der Waals surface area contributed by atoms with E-state index in [1.54, 1.807) is 0 Å². The van der Waals surface area contributed by atoms with Crippen molar-refractivity contribution >= 4 is 43.5 Å². The average molecular weight is 400 g/mol. The number of nitrogens with two attached hydrogens (primary N) is 1. The SMILES string of the molecule is Nc1ncnc(NCc2cc(Br)cc3c2OCC3)c1Br. The molecule has 0 aliphatic carbocycles. The van der Waals surface area contributed by atoms with E-state index in [9.17, 15) is 0 Å². The number of nitrogen functional groups attached to an aromatic ring is 1. The standard InChI is InChI=1S/C13H12Br2N4O/c14-9-3-7-1-2-20-11(7)8(4-9)5-17-13-10(15)12(16)18-6-19-13/h3-4,6H,1-2,5H2,(H3,16,17,18,19). The summed E-state index contributed by atoms with van der Waals surface area (Å²) in [6, 6.07) is 4.15. The summed E-state index contributed by atoms with van der Waals surface area (Å²) in [6.07, 6.45) is 2.39. The van der Waals surface area contributed by atoms with Crippen LogP contribution in [0.1, 0.15) is 11.1 Å². The molecule has 1 aromatic carbocycles. The van der Waals surface area contributed by atoms with Gasteiger partial charge in [0.15, 0.2) is 0 Å². The number of anilines is 2. The first-order valence-corrected chi connectivity index (χ1v) is 7.67. The number of halogens is 2. The zero-order chi connectivity index (χ0) is 14.1. The summed E-state index contributed by atoms with van der Waals surface area (Å²) in [5.74, 6) is 2.06. The first kappa shape index (κ1) is 13.6. The second-order valence-electron chi connectivity index (χ2n) is 4.43. The first-order chi connectivity index (χ1) is 9.65. The van der Waals surface area contributed by atoms with E-state index in [-0.39, 0.29) is 0 Å². The molecular formula is C13H12Br2N4O. The van der Waals surface area contributed by atoms with Gasteiger partial charge >= 0.3 is 0 Å². The Morgan fingerprint density at radius 2 is 2.15 bits per heavy atom. The van der Waals surface area contributed by atoms with E-state index in [0.29, 0.717) is 22.7 Å². The maximum atomic E-state index is 5.73. The topological polar surface area (TPSA) is 73.1 Å². The van der Waals surface area contributed by atoms with E-state index in [2.05, 4.69) is 59.3 Å². The van der Waals surface area contributed by atoms with Crippen molar-refractivity contribution in [2.45, 2.75) is 13.0 Å². The van der Waals surface area contributed by atoms with Crippen molar-refractivity contribution in [3.8, 4) is 5.75 Å². The Kier molecular flexibility index (Phi) is 3.80. The molecule has 5 nitrogen and oxygen atoms in total. The van der Waals surface area contributed by atoms with E-state index >= 15 is 0 Å². The van der Waals surface area contributed by atoms with Crippen molar-refractivity contribution in [1.82, 2.24) is 9.97 Å². The van der Waals surface area contributed by atoms with E-state index in [4.69, 9.17) is 10.5 Å². The Morgan fingerprint density at radius 3 is 3.00 bits per heavy atom. The summed E-state index contributed by atoms with van der Waals surface area (Å²) in [5.41, 5.74) is 8.06. The molecule has 104 valence electrons. The number of hydrogen-bond donors (Lipinski definition) is 2. The lowest BCUT2D eigenvalue weighted by atomic mass is 10.1. The number of aromatic nitrogens is 2. The van der Waals surface area contributed by atoms with Crippen LogP contribution < -0.4 is 15.8 Å². The molecule has 0 radical (unpaired) electrons. The largest absolute Gasteiger partial charge is 0.493 e. The number of fused-ring (bicyclic) bond motifs is 1. The smallest absolute Gasteiger partial charge is 0.146 e. The van der Waals surface area contributed by atoms with Crippen molar-refractivity contribution in [3.05, 3.63) is 38.5 Å². The Hall–Kier alpha value is -1.34. The van der Waals surface area contributed by atoms with Crippen LogP contribution in [-0.4, -0.2) is 16.6 Å². The third-order valence-electron chi connectivity index (χ3n) is 3.09. The van der Waals surface area contributed by atoms with Gasteiger partial charge < -0.3 is 15.8 Å². The summed E-state index contributed by atoms with van der Waals surface area (Å²) < 4.78 is 7.43. The van der Waals surface area contributed by atoms with E-state index < -0.39 is 0 Å². The van der Waals surface area contributed by atoms with Gasteiger partial charge in [-0.3, -0.25) is 0 Å². The number of ether oxygens (including phenoxy) is 1. The second-order valence-corrected chi connectivity index (χ2v) is 6.14. The van der Waals surface area contributed by atoms with Crippen molar-refractivity contribution in [2.24, 2.45) is 0 Å². The lowest BCUT2D eigenvalue weighted by Gasteiger charge is -2.12. The maximum Gasteiger partial charge on any atom is 0.146 e. The monoisotopic (exact) mass is 398 g/mol. The van der Waals surface area contributed by atoms with Gasteiger partial charge in [-0.1, -0.05) is 15.9 Å². The first-order valence-electron chi connectivity index (χ1n) is 6.09. The van der Waals surface area contributed by atoms with Crippen molar-refractivity contribution in [3.63, 3.8) is 0 Å². The molecule has 0 saturated carbocycles. The summed E-state index contributed by atoms with van der Waals surface area (Å²) in [5, 5.41) is 3.25. The molecular weight excluding hydrogens is 388 g/mol. The van der Waals surface area contributed by atoms with Crippen LogP contribution in [0.3, 0.4) is 0 Å². The van der Waals surface area contributed by atoms with Crippen molar-refractivity contribution in [2.75, 3.05) is 17.7 Å². The quantitative estimate of drug-likeness (QED) is 0.829. The van der Waals surface area contributed by atoms with Gasteiger partial charge in [-0.05, 0) is 33.6 Å². The minimum atomic E-state index is 0.415. The highest BCUT2D eigenvalue weighted by Gasteiger charge is 2.17. The van der Waals surface area contributed by atoms with Crippen molar-refractivity contribution in [1.29, 1.82) is 0 Å². The minimum absolute atomic E-state index is 0.415. The van der Waals surface area contributed by atoms with Crippen LogP contribution in [0.15, 0.2) is 27.4 Å². The van der Waals surface area contributed by atoms with Gasteiger partial charge in [0.25, 0.3) is 0 Å². The molecule has 1 aliphatic heterocycles. The van der Waals surface area contributed by atoms with E-state index in [0.717, 1.165) is 28.8 Å². The molecule has 3 N–H and O–H groups in total. The van der Waals surface area contributed by atoms with Crippen LogP contribution in [0.5, 0.6) is 5.75 Å². The molecule has 0 spiro atoms. The number of nitrogens with zero attached hydrogens (tertiary/aromatic N) is 2. The van der Waals surface area contributed by atoms with Gasteiger partial charge in [0.05, 0.1) is 6.61 Å². The zero-order valence-electron chi connectivity index (χ0n) is 10.5. The van der Waals surface area contributed by atoms with E-state index in [1.807, 2.05) is 0 Å². The lowest BCUT2D eigenvalue weighted by Crippen LogP contribution is -2.05. The van der Waals surface area contributed by atoms with Gasteiger partial charge in [0, 0.05) is 23.0 Å². The average Bonchev–Trinajstić information content (AvgIpc) is 2.88. The molecule has 1 aromatic heterocycles. The Balaban J connectivity index is 1.84. The third kappa shape index (κ3) is 2.60. The fraction of sp³-hybridized carbons (Fsp3) is 0.231. The fourth-order valence-electron chi connectivity index (χ4n) is 2.16. The molecule has 1 aliphatic rings. The highest BCUT2D eigenvalue weighted by molar-refractivity contribution is 9.11. The molecule has 0 atom stereocenters. The molecule has 0 amide bonds. The Labute approximate surface area is 133 Å². The molecule has 0 fully saturated rings. The van der Waals surface area contributed by atoms with Gasteiger partial charge in [-0.15, -0.1) is 0 Å². The Morgan fingerprint density at radius 1 is 1.30 bits per heavy atom. The molecule has 2 heterocycles. The number of hydrogen-bond acceptors (Lipinski definition) is 5. The molecule has 2 aromatic rings. The molecule has 0 saturated heterocycles. The number of rotatable bonds is 3. The molecule has 0 bridgehead atoms. The van der Waals surface area contributed by atoms with Gasteiger partial charge in [-0.25, -0.2) is 9.97 Å². The Bertz CT molecular complexity index is 663. The van der Waals surface area contributed by atoms with Crippen LogP contribution in [0.25, 0.3) is 0 Å². The van der Waals surface area contributed by atoms with E-state index in [1.165, 1.54) is 11.9 Å². The van der Waals surface area contributed by atoms with Crippen LogP contribution >= 0.6 is 31.9 Å². The maximum absolute atomic E-state index is 5.73. The molecule has 0 unspecified atom stereocenters. The fourth-order valence-corrected chi connectivity index (χ4v) is 3.06. The number of nitrogens with one attached hydrogen (secondary N) is 1. The van der Waals surface area contributed by atoms with Crippen LogP contribution in [0, 0.1) is 0 Å². The predicted octanol–water partition coefficient (Wildman–Crippen LogP) is 3.13. The molecule has 7 heteroatoms. The summed E-state index contributed by atoms with van der Waals surface area (Å²) in [7, 11) is 0. The van der Waals surface area contributed by atoms with Crippen LogP contribution in [0.2, 0.25) is 0 Å². The zero-order valence-corrected chi connectivity index (χ0v) is 13.7. The molecule has 3 rings (SSSR count). The summed E-state index contributed by atoms with van der Waals surface area (Å²) in [4.78, 5) is 8.08. The van der Waals surface area contributed by atoms with Crippen LogP contribution in [-0.2, 0) is 13.0 Å². The lowest BCUT2D eigenvalue weighted by molar-refractivity contribution is 0.354. The van der Waals surface area contributed by atoms with Crippen LogP contribution in [0.4, 0.5) is 11.6 Å². The van der Waals surface area contributed by atoms with Crippen molar-refractivity contribution < 1.29 is 4.74 Å². The third-order valence-corrected chi connectivity index (χ3v) is 4.33. The highest BCUT2D eigenvalue weighted by Crippen LogP contribution is 2.34. The van der Waals surface area contributed by atoms with Gasteiger partial charge in [0.1, 0.15) is 28.2 Å². The van der Waals surface area contributed by atoms with Gasteiger partial charge in [-0.2, -0.15) is 0 Å². The number of benzene rings is 1. The minimum Gasteiger partial charge on any atom is -0.493 e. The normalized spacial score (nSPS) is 12.9. The summed E-state index contributed by atoms with van der Waals surface area (Å²) in [6.45, 7) is 1.35.